The molecule has 0 saturated heterocycles. The van der Waals surface area contributed by atoms with E-state index in [4.69, 9.17) is 4.74 Å². The van der Waals surface area contributed by atoms with Crippen LogP contribution >= 0.6 is 0 Å². The van der Waals surface area contributed by atoms with Gasteiger partial charge in [-0.3, -0.25) is 0 Å². The van der Waals surface area contributed by atoms with Gasteiger partial charge in [0, 0.05) is 0 Å². The van der Waals surface area contributed by atoms with Gasteiger partial charge in [0.15, 0.2) is 0 Å². The lowest BCUT2D eigenvalue weighted by atomic mass is 10.0. The van der Waals surface area contributed by atoms with Crippen LogP contribution in [0.1, 0.15) is 27.2 Å². The third-order valence-corrected chi connectivity index (χ3v) is 1.51. The molecule has 0 radical (unpaired) electrons. The third-order valence-electron chi connectivity index (χ3n) is 1.51. The summed E-state index contributed by atoms with van der Waals surface area (Å²) in [7, 11) is 0. The molecule has 1 heteroatoms. The molecule has 0 rings (SSSR count). The summed E-state index contributed by atoms with van der Waals surface area (Å²) in [5.74, 6) is 1.35. The molecule has 0 N–H and O–H groups in total. The van der Waals surface area contributed by atoms with Crippen molar-refractivity contribution in [2.75, 3.05) is 6.61 Å². The maximum atomic E-state index is 5.17. The van der Waals surface area contributed by atoms with Crippen molar-refractivity contribution in [3.63, 3.8) is 0 Å². The fourth-order valence-corrected chi connectivity index (χ4v) is 1.04. The van der Waals surface area contributed by atoms with Crippen molar-refractivity contribution < 1.29 is 4.74 Å². The van der Waals surface area contributed by atoms with Crippen LogP contribution in [0.3, 0.4) is 0 Å². The lowest BCUT2D eigenvalue weighted by Crippen LogP contribution is -1.89. The van der Waals surface area contributed by atoms with Crippen molar-refractivity contribution in [2.45, 2.75) is 27.2 Å². The second-order valence-electron chi connectivity index (χ2n) is 3.49. The summed E-state index contributed by atoms with van der Waals surface area (Å²) < 4.78 is 5.17. The summed E-state index contributed by atoms with van der Waals surface area (Å²) in [6, 6.07) is 0. The van der Waals surface area contributed by atoms with E-state index in [0.717, 1.165) is 12.0 Å². The fraction of sp³-hybridized carbons (Fsp3) is 0.500. The Morgan fingerprint density at radius 2 is 1.92 bits per heavy atom. The Labute approximate surface area is 81.8 Å². The van der Waals surface area contributed by atoms with Gasteiger partial charge in [-0.15, -0.1) is 0 Å². The first-order valence-corrected chi connectivity index (χ1v) is 4.73. The first-order chi connectivity index (χ1) is 6.06. The van der Waals surface area contributed by atoms with Gasteiger partial charge in [-0.2, -0.15) is 0 Å². The Bertz CT molecular complexity index is 199. The van der Waals surface area contributed by atoms with Gasteiger partial charge >= 0.3 is 0 Å². The van der Waals surface area contributed by atoms with Crippen LogP contribution in [-0.4, -0.2) is 6.61 Å². The SMILES string of the molecule is C=C(/C=C\C(=C)OCC)CC(C)C. The van der Waals surface area contributed by atoms with E-state index in [1.54, 1.807) is 0 Å². The molecular formula is C12H20O. The molecule has 0 atom stereocenters. The van der Waals surface area contributed by atoms with Crippen LogP contribution in [-0.2, 0) is 4.74 Å². The predicted molar refractivity (Wildman–Crippen MR) is 58.5 cm³/mol. The van der Waals surface area contributed by atoms with Crippen LogP contribution in [0, 0.1) is 5.92 Å². The average Bonchev–Trinajstić information content (AvgIpc) is 2.00. The lowest BCUT2D eigenvalue weighted by Gasteiger charge is -2.04. The van der Waals surface area contributed by atoms with E-state index in [0.29, 0.717) is 18.3 Å². The van der Waals surface area contributed by atoms with Crippen LogP contribution in [0.4, 0.5) is 0 Å². The number of hydrogen-bond donors (Lipinski definition) is 0. The maximum Gasteiger partial charge on any atom is 0.112 e. The molecule has 0 unspecified atom stereocenters. The summed E-state index contributed by atoms with van der Waals surface area (Å²) in [5.41, 5.74) is 1.12. The van der Waals surface area contributed by atoms with E-state index in [2.05, 4.69) is 27.0 Å². The van der Waals surface area contributed by atoms with Gasteiger partial charge < -0.3 is 4.74 Å². The zero-order valence-corrected chi connectivity index (χ0v) is 8.97. The van der Waals surface area contributed by atoms with Crippen LogP contribution < -0.4 is 0 Å². The van der Waals surface area contributed by atoms with Crippen LogP contribution in [0.25, 0.3) is 0 Å². The lowest BCUT2D eigenvalue weighted by molar-refractivity contribution is 0.244. The number of allylic oxidation sites excluding steroid dienone is 3. The summed E-state index contributed by atoms with van der Waals surface area (Å²) in [4.78, 5) is 0. The monoisotopic (exact) mass is 180 g/mol. The molecular weight excluding hydrogens is 160 g/mol. The third kappa shape index (κ3) is 7.38. The summed E-state index contributed by atoms with van der Waals surface area (Å²) in [5, 5.41) is 0. The Hall–Kier alpha value is -0.980. The molecule has 0 aliphatic heterocycles. The molecule has 0 aliphatic carbocycles. The summed E-state index contributed by atoms with van der Waals surface area (Å²) >= 11 is 0. The quantitative estimate of drug-likeness (QED) is 0.447. The molecule has 0 saturated carbocycles. The zero-order valence-electron chi connectivity index (χ0n) is 8.97. The van der Waals surface area contributed by atoms with E-state index in [9.17, 15) is 0 Å². The van der Waals surface area contributed by atoms with Crippen LogP contribution in [0.2, 0.25) is 0 Å². The Morgan fingerprint density at radius 3 is 2.38 bits per heavy atom. The molecule has 0 aromatic carbocycles. The highest BCUT2D eigenvalue weighted by molar-refractivity contribution is 5.21. The van der Waals surface area contributed by atoms with E-state index < -0.39 is 0 Å². The average molecular weight is 180 g/mol. The minimum atomic E-state index is 0.650. The fourth-order valence-electron chi connectivity index (χ4n) is 1.04. The second-order valence-corrected chi connectivity index (χ2v) is 3.49. The standard InChI is InChI=1S/C12H20O/c1-6-13-12(5)8-7-11(4)9-10(2)3/h7-8,10H,4-6,9H2,1-3H3/b8-7-. The molecule has 0 amide bonds. The second kappa shape index (κ2) is 6.53. The van der Waals surface area contributed by atoms with Gasteiger partial charge in [0.25, 0.3) is 0 Å². The molecule has 1 nitrogen and oxygen atoms in total. The smallest absolute Gasteiger partial charge is 0.112 e. The van der Waals surface area contributed by atoms with Crippen LogP contribution in [0.15, 0.2) is 36.6 Å². The van der Waals surface area contributed by atoms with Gasteiger partial charge in [0.05, 0.1) is 6.61 Å². The minimum absolute atomic E-state index is 0.650. The summed E-state index contributed by atoms with van der Waals surface area (Å²) in [6.07, 6.45) is 4.86. The highest BCUT2D eigenvalue weighted by atomic mass is 16.5. The van der Waals surface area contributed by atoms with E-state index in [-0.39, 0.29) is 0 Å². The molecule has 0 heterocycles. The van der Waals surface area contributed by atoms with Gasteiger partial charge in [0.2, 0.25) is 0 Å². The molecule has 0 aliphatic rings. The topological polar surface area (TPSA) is 9.23 Å². The predicted octanol–water partition coefficient (Wildman–Crippen LogP) is 3.70. The van der Waals surface area contributed by atoms with E-state index >= 15 is 0 Å². The van der Waals surface area contributed by atoms with Gasteiger partial charge in [-0.25, -0.2) is 0 Å². The Morgan fingerprint density at radius 1 is 1.31 bits per heavy atom. The van der Waals surface area contributed by atoms with Gasteiger partial charge in [-0.1, -0.05) is 38.7 Å². The maximum absolute atomic E-state index is 5.17. The highest BCUT2D eigenvalue weighted by Crippen LogP contribution is 2.10. The summed E-state index contributed by atoms with van der Waals surface area (Å²) in [6.45, 7) is 14.7. The highest BCUT2D eigenvalue weighted by Gasteiger charge is 1.94. The van der Waals surface area contributed by atoms with Gasteiger partial charge in [0.1, 0.15) is 5.76 Å². The van der Waals surface area contributed by atoms with E-state index in [1.165, 1.54) is 0 Å². The van der Waals surface area contributed by atoms with Crippen molar-refractivity contribution in [3.05, 3.63) is 36.6 Å². The van der Waals surface area contributed by atoms with Crippen molar-refractivity contribution >= 4 is 0 Å². The molecule has 0 aromatic rings. The number of ether oxygens (including phenoxy) is 1. The van der Waals surface area contributed by atoms with E-state index in [1.807, 2.05) is 19.1 Å². The molecule has 0 fully saturated rings. The first kappa shape index (κ1) is 12.0. The van der Waals surface area contributed by atoms with Crippen molar-refractivity contribution in [2.24, 2.45) is 5.92 Å². The number of hydrogen-bond acceptors (Lipinski definition) is 1. The van der Waals surface area contributed by atoms with Gasteiger partial charge in [-0.05, 0) is 25.3 Å². The molecule has 0 bridgehead atoms. The Kier molecular flexibility index (Phi) is 6.03. The van der Waals surface area contributed by atoms with Crippen molar-refractivity contribution in [3.8, 4) is 0 Å². The first-order valence-electron chi connectivity index (χ1n) is 4.73. The largest absolute Gasteiger partial charge is 0.495 e. The normalized spacial score (nSPS) is 10.8. The Balaban J connectivity index is 3.83. The van der Waals surface area contributed by atoms with Crippen LogP contribution in [0.5, 0.6) is 0 Å². The molecule has 13 heavy (non-hydrogen) atoms. The number of rotatable bonds is 6. The minimum Gasteiger partial charge on any atom is -0.495 e. The zero-order chi connectivity index (χ0) is 10.3. The molecule has 0 aromatic heterocycles. The molecule has 0 spiro atoms. The van der Waals surface area contributed by atoms with Crippen molar-refractivity contribution in [1.82, 2.24) is 0 Å². The van der Waals surface area contributed by atoms with Crippen molar-refractivity contribution in [1.29, 1.82) is 0 Å². The molecule has 74 valence electrons.